The van der Waals surface area contributed by atoms with Crippen molar-refractivity contribution in [3.05, 3.63) is 35.8 Å². The quantitative estimate of drug-likeness (QED) is 0.564. The van der Waals surface area contributed by atoms with Gasteiger partial charge in [0.05, 0.1) is 16.9 Å². The molecule has 3 aromatic heterocycles. The summed E-state index contributed by atoms with van der Waals surface area (Å²) in [6, 6.07) is 4.12. The van der Waals surface area contributed by atoms with Crippen molar-refractivity contribution in [3.8, 4) is 11.9 Å². The monoisotopic (exact) mass is 463 g/mol. The Morgan fingerprint density at radius 3 is 2.35 bits per heavy atom. The molecule has 180 valence electrons. The largest absolute Gasteiger partial charge is 0.470 e. The molecule has 4 rings (SSSR count). The van der Waals surface area contributed by atoms with Crippen molar-refractivity contribution >= 4 is 28.5 Å². The van der Waals surface area contributed by atoms with Gasteiger partial charge in [-0.15, -0.1) is 0 Å². The van der Waals surface area contributed by atoms with Crippen LogP contribution in [0.5, 0.6) is 11.9 Å². The van der Waals surface area contributed by atoms with Gasteiger partial charge in [-0.1, -0.05) is 19.4 Å². The first-order valence-electron chi connectivity index (χ1n) is 11.6. The summed E-state index contributed by atoms with van der Waals surface area (Å²) in [4.78, 5) is 25.0. The number of rotatable bonds is 5. The van der Waals surface area contributed by atoms with Gasteiger partial charge in [0.15, 0.2) is 0 Å². The number of nitrogens with zero attached hydrogens (tertiary/aromatic N) is 6. The lowest BCUT2D eigenvalue weighted by molar-refractivity contribution is 0.103. The minimum absolute atomic E-state index is 0.259. The van der Waals surface area contributed by atoms with Gasteiger partial charge in [-0.05, 0) is 60.1 Å². The van der Waals surface area contributed by atoms with E-state index < -0.39 is 11.2 Å². The average Bonchev–Trinajstić information content (AvgIpc) is 2.71. The Morgan fingerprint density at radius 1 is 0.941 bits per heavy atom. The standard InChI is InChI=1S/C25H33N7O2/c1-8-10-15-19-16(28-22(26)27-15)12-13-18(30-19)32-14-9-11-17-20(32)21(33-24(2,3)4)31-23(29-17)34-25(5,6)7/h9,12-14H,8,10-11H2,1-7H3,(H2,26,27,28). The van der Waals surface area contributed by atoms with Crippen LogP contribution in [-0.4, -0.2) is 36.1 Å². The maximum atomic E-state index is 6.30. The van der Waals surface area contributed by atoms with Crippen LogP contribution in [0.1, 0.15) is 66.3 Å². The average molecular weight is 464 g/mol. The Bertz CT molecular complexity index is 1240. The summed E-state index contributed by atoms with van der Waals surface area (Å²) < 4.78 is 12.3. The molecule has 0 aliphatic carbocycles. The van der Waals surface area contributed by atoms with Crippen molar-refractivity contribution in [1.82, 2.24) is 24.9 Å². The summed E-state index contributed by atoms with van der Waals surface area (Å²) in [5.41, 5.74) is 8.86. The summed E-state index contributed by atoms with van der Waals surface area (Å²) in [6.45, 7) is 14.0. The van der Waals surface area contributed by atoms with Crippen LogP contribution >= 0.6 is 0 Å². The molecule has 34 heavy (non-hydrogen) atoms. The number of hydrogen-bond acceptors (Lipinski definition) is 9. The van der Waals surface area contributed by atoms with Crippen molar-refractivity contribution in [3.63, 3.8) is 0 Å². The zero-order valence-electron chi connectivity index (χ0n) is 21.0. The highest BCUT2D eigenvalue weighted by molar-refractivity contribution is 5.82. The van der Waals surface area contributed by atoms with Gasteiger partial charge < -0.3 is 15.2 Å². The summed E-state index contributed by atoms with van der Waals surface area (Å²) >= 11 is 0. The van der Waals surface area contributed by atoms with Crippen molar-refractivity contribution in [1.29, 1.82) is 0 Å². The lowest BCUT2D eigenvalue weighted by atomic mass is 10.1. The summed E-state index contributed by atoms with van der Waals surface area (Å²) in [6.07, 6.45) is 6.33. The molecule has 0 fully saturated rings. The van der Waals surface area contributed by atoms with E-state index in [0.29, 0.717) is 24.1 Å². The van der Waals surface area contributed by atoms with E-state index in [4.69, 9.17) is 25.2 Å². The van der Waals surface area contributed by atoms with Crippen molar-refractivity contribution in [2.24, 2.45) is 0 Å². The third kappa shape index (κ3) is 5.18. The predicted octanol–water partition coefficient (Wildman–Crippen LogP) is 4.91. The molecule has 0 unspecified atom stereocenters. The highest BCUT2D eigenvalue weighted by atomic mass is 16.5. The van der Waals surface area contributed by atoms with Crippen LogP contribution in [0.2, 0.25) is 0 Å². The molecule has 0 radical (unpaired) electrons. The molecule has 9 heteroatoms. The first-order chi connectivity index (χ1) is 15.9. The smallest absolute Gasteiger partial charge is 0.320 e. The molecule has 1 aliphatic rings. The van der Waals surface area contributed by atoms with E-state index >= 15 is 0 Å². The number of anilines is 3. The molecule has 0 aromatic carbocycles. The number of hydrogen-bond donors (Lipinski definition) is 1. The fourth-order valence-electron chi connectivity index (χ4n) is 3.69. The van der Waals surface area contributed by atoms with E-state index in [2.05, 4.69) is 21.9 Å². The molecule has 0 saturated carbocycles. The van der Waals surface area contributed by atoms with Crippen molar-refractivity contribution in [2.45, 2.75) is 78.9 Å². The first kappa shape index (κ1) is 23.7. The number of allylic oxidation sites excluding steroid dienone is 1. The molecule has 0 saturated heterocycles. The number of aryl methyl sites for hydroxylation is 1. The van der Waals surface area contributed by atoms with Gasteiger partial charge in [0, 0.05) is 12.6 Å². The molecule has 9 nitrogen and oxygen atoms in total. The van der Waals surface area contributed by atoms with Crippen LogP contribution in [-0.2, 0) is 12.8 Å². The molecule has 1 aliphatic heterocycles. The van der Waals surface area contributed by atoms with E-state index in [-0.39, 0.29) is 5.95 Å². The zero-order chi connectivity index (χ0) is 24.7. The van der Waals surface area contributed by atoms with Gasteiger partial charge in [-0.2, -0.15) is 9.97 Å². The lowest BCUT2D eigenvalue weighted by Gasteiger charge is -2.30. The van der Waals surface area contributed by atoms with Gasteiger partial charge in [0.1, 0.15) is 28.2 Å². The maximum absolute atomic E-state index is 6.30. The molecule has 0 spiro atoms. The Hall–Kier alpha value is -3.49. The normalized spacial score (nSPS) is 13.8. The highest BCUT2D eigenvalue weighted by Gasteiger charge is 2.29. The van der Waals surface area contributed by atoms with Crippen LogP contribution in [0.15, 0.2) is 24.4 Å². The van der Waals surface area contributed by atoms with Gasteiger partial charge in [0.25, 0.3) is 0 Å². The summed E-state index contributed by atoms with van der Waals surface area (Å²) in [5, 5.41) is 0. The number of aromatic nitrogens is 5. The fourth-order valence-corrected chi connectivity index (χ4v) is 3.69. The highest BCUT2D eigenvalue weighted by Crippen LogP contribution is 2.40. The molecule has 0 bridgehead atoms. The molecule has 3 aromatic rings. The topological polar surface area (TPSA) is 112 Å². The second kappa shape index (κ2) is 8.70. The molecular formula is C25H33N7O2. The lowest BCUT2D eigenvalue weighted by Crippen LogP contribution is -2.28. The fraction of sp³-hybridized carbons (Fsp3) is 0.480. The Balaban J connectivity index is 1.86. The van der Waals surface area contributed by atoms with Crippen LogP contribution in [0.25, 0.3) is 11.0 Å². The van der Waals surface area contributed by atoms with E-state index in [9.17, 15) is 0 Å². The van der Waals surface area contributed by atoms with Gasteiger partial charge in [-0.25, -0.2) is 15.0 Å². The van der Waals surface area contributed by atoms with Gasteiger partial charge in [0.2, 0.25) is 11.8 Å². The summed E-state index contributed by atoms with van der Waals surface area (Å²) in [5.74, 6) is 1.40. The number of fused-ring (bicyclic) bond motifs is 2. The maximum Gasteiger partial charge on any atom is 0.320 e. The van der Waals surface area contributed by atoms with E-state index in [0.717, 1.165) is 41.0 Å². The first-order valence-corrected chi connectivity index (χ1v) is 11.6. The number of nitrogens with two attached hydrogens (primary N) is 1. The minimum Gasteiger partial charge on any atom is -0.470 e. The molecule has 2 N–H and O–H groups in total. The Kier molecular flexibility index (Phi) is 6.05. The Labute approximate surface area is 200 Å². The van der Waals surface area contributed by atoms with Gasteiger partial charge >= 0.3 is 6.01 Å². The van der Waals surface area contributed by atoms with Crippen LogP contribution in [0.4, 0.5) is 17.5 Å². The third-order valence-electron chi connectivity index (χ3n) is 4.86. The minimum atomic E-state index is -0.468. The second-order valence-electron chi connectivity index (χ2n) is 10.3. The molecule has 4 heterocycles. The number of nitrogen functional groups attached to an aromatic ring is 1. The van der Waals surface area contributed by atoms with Gasteiger partial charge in [-0.3, -0.25) is 4.90 Å². The number of ether oxygens (including phenoxy) is 2. The molecule has 0 amide bonds. The molecule has 0 atom stereocenters. The van der Waals surface area contributed by atoms with E-state index in [1.807, 2.05) is 70.9 Å². The molecular weight excluding hydrogens is 430 g/mol. The van der Waals surface area contributed by atoms with E-state index in [1.54, 1.807) is 0 Å². The van der Waals surface area contributed by atoms with E-state index in [1.165, 1.54) is 0 Å². The second-order valence-corrected chi connectivity index (χ2v) is 10.3. The van der Waals surface area contributed by atoms with Crippen molar-refractivity contribution < 1.29 is 9.47 Å². The SMILES string of the molecule is CCCc1nc(N)nc2ccc(N3C=CCc4nc(OC(C)(C)C)nc(OC(C)(C)C)c43)nc12. The van der Waals surface area contributed by atoms with Crippen molar-refractivity contribution in [2.75, 3.05) is 10.6 Å². The van der Waals surface area contributed by atoms with Crippen LogP contribution in [0.3, 0.4) is 0 Å². The number of pyridine rings is 1. The third-order valence-corrected chi connectivity index (χ3v) is 4.86. The Morgan fingerprint density at radius 2 is 1.68 bits per heavy atom. The van der Waals surface area contributed by atoms with Crippen LogP contribution < -0.4 is 20.1 Å². The summed E-state index contributed by atoms with van der Waals surface area (Å²) in [7, 11) is 0. The zero-order valence-corrected chi connectivity index (χ0v) is 21.0. The predicted molar refractivity (Wildman–Crippen MR) is 134 cm³/mol. The van der Waals surface area contributed by atoms with Crippen LogP contribution in [0, 0.1) is 0 Å².